The zero-order valence-corrected chi connectivity index (χ0v) is 17.6. The van der Waals surface area contributed by atoms with E-state index in [0.29, 0.717) is 19.0 Å². The highest BCUT2D eigenvalue weighted by Crippen LogP contribution is 2.45. The number of rotatable bonds is 4. The van der Waals surface area contributed by atoms with Gasteiger partial charge in [0.2, 0.25) is 5.95 Å². The van der Waals surface area contributed by atoms with Crippen LogP contribution >= 0.6 is 0 Å². The maximum Gasteiger partial charge on any atom is 0.413 e. The Labute approximate surface area is 181 Å². The van der Waals surface area contributed by atoms with E-state index in [2.05, 4.69) is 9.97 Å². The van der Waals surface area contributed by atoms with E-state index in [4.69, 9.17) is 4.74 Å². The summed E-state index contributed by atoms with van der Waals surface area (Å²) in [6.45, 7) is 2.72. The van der Waals surface area contributed by atoms with Crippen molar-refractivity contribution >= 4 is 17.5 Å². The van der Waals surface area contributed by atoms with Gasteiger partial charge in [0, 0.05) is 37.0 Å². The molecule has 5 heterocycles. The first-order valence-corrected chi connectivity index (χ1v) is 10.3. The molecular formula is C21H22F3N5O3. The number of carbonyl (C=O) groups is 1. The molecule has 0 amide bonds. The average Bonchev–Trinajstić information content (AvgIpc) is 3.37. The Morgan fingerprint density at radius 2 is 2.12 bits per heavy atom. The van der Waals surface area contributed by atoms with Crippen LogP contribution in [0, 0.1) is 0 Å². The molecule has 8 nitrogen and oxygen atoms in total. The van der Waals surface area contributed by atoms with E-state index in [9.17, 15) is 22.8 Å². The first-order chi connectivity index (χ1) is 15.0. The number of aromatic nitrogens is 3. The second-order valence-electron chi connectivity index (χ2n) is 9.11. The molecular weight excluding hydrogens is 427 g/mol. The molecule has 5 rings (SSSR count). The molecule has 2 bridgehead atoms. The number of anilines is 2. The van der Waals surface area contributed by atoms with E-state index in [-0.39, 0.29) is 23.2 Å². The van der Waals surface area contributed by atoms with Crippen LogP contribution in [0.15, 0.2) is 35.4 Å². The molecule has 3 aliphatic heterocycles. The van der Waals surface area contributed by atoms with Crippen LogP contribution in [-0.4, -0.2) is 63.4 Å². The van der Waals surface area contributed by atoms with Crippen molar-refractivity contribution in [2.45, 2.75) is 50.2 Å². The number of hydrogen-bond acceptors (Lipinski definition) is 7. The molecule has 3 atom stereocenters. The lowest BCUT2D eigenvalue weighted by Crippen LogP contribution is -2.57. The van der Waals surface area contributed by atoms with E-state index in [1.165, 1.54) is 24.5 Å². The monoisotopic (exact) mass is 449 g/mol. The summed E-state index contributed by atoms with van der Waals surface area (Å²) >= 11 is 0. The third-order valence-electron chi connectivity index (χ3n) is 6.79. The number of halogens is 3. The van der Waals surface area contributed by atoms with Gasteiger partial charge >= 0.3 is 6.18 Å². The largest absolute Gasteiger partial charge is 0.413 e. The Morgan fingerprint density at radius 1 is 1.34 bits per heavy atom. The third-order valence-corrected chi connectivity index (χ3v) is 6.79. The van der Waals surface area contributed by atoms with Gasteiger partial charge < -0.3 is 14.5 Å². The number of pyridine rings is 1. The summed E-state index contributed by atoms with van der Waals surface area (Å²) in [6.07, 6.45) is -1.15. The van der Waals surface area contributed by atoms with Gasteiger partial charge in [-0.1, -0.05) is 0 Å². The standard InChI is InChI=1S/C21H22F3N5O3/c1-19-7-14(32-12-19)9-28(19)16-6-17(31)27-11-20(2,21(22,23)24)29(18(27)26-16)10-15(30)13-4-3-5-25-8-13/h3-6,8,14H,7,9-12H2,1-2H3/t14-,19?,20-/m0/s1. The van der Waals surface area contributed by atoms with E-state index in [1.54, 1.807) is 6.07 Å². The molecule has 0 radical (unpaired) electrons. The fourth-order valence-corrected chi connectivity index (χ4v) is 4.84. The molecule has 32 heavy (non-hydrogen) atoms. The summed E-state index contributed by atoms with van der Waals surface area (Å²) in [7, 11) is 0. The van der Waals surface area contributed by atoms with Crippen molar-refractivity contribution < 1.29 is 22.7 Å². The van der Waals surface area contributed by atoms with Crippen LogP contribution in [0.1, 0.15) is 30.6 Å². The van der Waals surface area contributed by atoms with Crippen molar-refractivity contribution in [1.29, 1.82) is 0 Å². The summed E-state index contributed by atoms with van der Waals surface area (Å²) in [6, 6.07) is 4.31. The van der Waals surface area contributed by atoms with Crippen molar-refractivity contribution in [3.05, 3.63) is 46.5 Å². The average molecular weight is 449 g/mol. The molecule has 0 aromatic carbocycles. The van der Waals surface area contributed by atoms with E-state index in [1.807, 2.05) is 11.8 Å². The molecule has 1 unspecified atom stereocenters. The minimum Gasteiger partial charge on any atom is -0.374 e. The van der Waals surface area contributed by atoms with E-state index < -0.39 is 36.1 Å². The lowest BCUT2D eigenvalue weighted by molar-refractivity contribution is -0.181. The molecule has 2 fully saturated rings. The minimum absolute atomic E-state index is 0.00140. The van der Waals surface area contributed by atoms with Crippen LogP contribution in [-0.2, 0) is 11.3 Å². The number of alkyl halides is 3. The number of nitrogens with zero attached hydrogens (tertiary/aromatic N) is 5. The van der Waals surface area contributed by atoms with Gasteiger partial charge in [0.25, 0.3) is 5.56 Å². The quantitative estimate of drug-likeness (QED) is 0.661. The normalized spacial score (nSPS) is 29.0. The molecule has 2 aromatic rings. The van der Waals surface area contributed by atoms with Gasteiger partial charge in [0.1, 0.15) is 5.82 Å². The van der Waals surface area contributed by atoms with Crippen LogP contribution in [0.4, 0.5) is 24.9 Å². The fourth-order valence-electron chi connectivity index (χ4n) is 4.84. The van der Waals surface area contributed by atoms with Gasteiger partial charge in [-0.2, -0.15) is 18.2 Å². The molecule has 0 N–H and O–H groups in total. The van der Waals surface area contributed by atoms with E-state index in [0.717, 1.165) is 22.8 Å². The molecule has 11 heteroatoms. The number of hydrogen-bond donors (Lipinski definition) is 0. The van der Waals surface area contributed by atoms with Crippen molar-refractivity contribution in [2.24, 2.45) is 0 Å². The first-order valence-electron chi connectivity index (χ1n) is 10.3. The maximum absolute atomic E-state index is 14.2. The Morgan fingerprint density at radius 3 is 2.72 bits per heavy atom. The van der Waals surface area contributed by atoms with Crippen LogP contribution < -0.4 is 15.4 Å². The molecule has 2 saturated heterocycles. The van der Waals surface area contributed by atoms with Crippen molar-refractivity contribution in [1.82, 2.24) is 14.5 Å². The van der Waals surface area contributed by atoms with Gasteiger partial charge in [0.05, 0.1) is 31.3 Å². The maximum atomic E-state index is 14.2. The predicted molar refractivity (Wildman–Crippen MR) is 109 cm³/mol. The highest BCUT2D eigenvalue weighted by molar-refractivity contribution is 5.99. The van der Waals surface area contributed by atoms with Crippen LogP contribution in [0.3, 0.4) is 0 Å². The Balaban J connectivity index is 1.58. The highest BCUT2D eigenvalue weighted by Gasteiger charge is 2.60. The summed E-state index contributed by atoms with van der Waals surface area (Å²) in [5.74, 6) is -0.390. The van der Waals surface area contributed by atoms with Crippen molar-refractivity contribution in [3.8, 4) is 0 Å². The van der Waals surface area contributed by atoms with Crippen molar-refractivity contribution in [2.75, 3.05) is 29.5 Å². The zero-order valence-electron chi connectivity index (χ0n) is 17.6. The number of ketones is 1. The summed E-state index contributed by atoms with van der Waals surface area (Å²) in [5, 5.41) is 0. The van der Waals surface area contributed by atoms with Crippen LogP contribution in [0.5, 0.6) is 0 Å². The smallest absolute Gasteiger partial charge is 0.374 e. The topological polar surface area (TPSA) is 80.6 Å². The molecule has 0 spiro atoms. The summed E-state index contributed by atoms with van der Waals surface area (Å²) in [4.78, 5) is 36.9. The molecule has 0 saturated carbocycles. The van der Waals surface area contributed by atoms with Gasteiger partial charge in [0.15, 0.2) is 11.3 Å². The number of ether oxygens (including phenoxy) is 1. The lowest BCUT2D eigenvalue weighted by atomic mass is 10.00. The SMILES string of the molecule is CC12CO[C@H](CN1c1cc(=O)n3c(n1)N(CC(=O)c1cccnc1)[C@](C)(C(F)(F)F)C3)C2. The number of fused-ring (bicyclic) bond motifs is 3. The van der Waals surface area contributed by atoms with Crippen LogP contribution in [0.25, 0.3) is 0 Å². The minimum atomic E-state index is -4.70. The Bertz CT molecular complexity index is 1140. The number of carbonyl (C=O) groups excluding carboxylic acids is 1. The van der Waals surface area contributed by atoms with Gasteiger partial charge in [-0.25, -0.2) is 0 Å². The van der Waals surface area contributed by atoms with Gasteiger partial charge in [-0.3, -0.25) is 19.1 Å². The predicted octanol–water partition coefficient (Wildman–Crippen LogP) is 2.03. The summed E-state index contributed by atoms with van der Waals surface area (Å²) < 4.78 is 49.3. The van der Waals surface area contributed by atoms with Gasteiger partial charge in [-0.15, -0.1) is 0 Å². The Kier molecular flexibility index (Phi) is 4.43. The lowest BCUT2D eigenvalue weighted by Gasteiger charge is -2.37. The van der Waals surface area contributed by atoms with Crippen LogP contribution in [0.2, 0.25) is 0 Å². The van der Waals surface area contributed by atoms with Crippen molar-refractivity contribution in [3.63, 3.8) is 0 Å². The highest BCUT2D eigenvalue weighted by atomic mass is 19.4. The molecule has 170 valence electrons. The zero-order chi connectivity index (χ0) is 22.9. The summed E-state index contributed by atoms with van der Waals surface area (Å²) in [5.41, 5.74) is -3.22. The van der Waals surface area contributed by atoms with E-state index >= 15 is 0 Å². The number of morpholine rings is 1. The second kappa shape index (κ2) is 6.77. The number of Topliss-reactive ketones (excluding diaryl/α,β-unsaturated/α-hetero) is 1. The molecule has 2 aromatic heterocycles. The third kappa shape index (κ3) is 3.01. The molecule has 3 aliphatic rings. The van der Waals surface area contributed by atoms with Gasteiger partial charge in [-0.05, 0) is 26.0 Å². The molecule has 0 aliphatic carbocycles. The fraction of sp³-hybridized carbons (Fsp3) is 0.524. The second-order valence-corrected chi connectivity index (χ2v) is 9.11. The first kappa shape index (κ1) is 20.9. The Hall–Kier alpha value is -2.95.